The van der Waals surface area contributed by atoms with Crippen LogP contribution in [0.25, 0.3) is 28.4 Å². The Morgan fingerprint density at radius 3 is 0.919 bits per heavy atom. The summed E-state index contributed by atoms with van der Waals surface area (Å²) >= 11 is 0. The molecule has 0 aliphatic rings. The molecule has 778 valence electrons. The van der Waals surface area contributed by atoms with Crippen molar-refractivity contribution >= 4 is 28.9 Å². The quantitative estimate of drug-likeness (QED) is 0.0254. The summed E-state index contributed by atoms with van der Waals surface area (Å²) in [6.45, 7) is 15.4. The molecule has 0 N–H and O–H groups in total. The molecule has 0 fully saturated rings. The number of alkyl halides is 13. The van der Waals surface area contributed by atoms with Gasteiger partial charge in [0.1, 0.15) is 46.1 Å². The molecular formula is C113H117F14N15O6. The van der Waals surface area contributed by atoms with Gasteiger partial charge in [-0.3, -0.25) is 28.4 Å². The first kappa shape index (κ1) is 114. The third-order valence-corrected chi connectivity index (χ3v) is 23.9. The van der Waals surface area contributed by atoms with Gasteiger partial charge in [0.25, 0.3) is 0 Å². The number of ether oxygens (including phenoxy) is 1. The summed E-state index contributed by atoms with van der Waals surface area (Å²) < 4.78 is 197. The third kappa shape index (κ3) is 35.5. The number of halogens is 14. The predicted octanol–water partition coefficient (Wildman–Crippen LogP) is 25.0. The van der Waals surface area contributed by atoms with Gasteiger partial charge in [-0.05, 0) is 223 Å². The number of unbranched alkanes of at least 4 members (excludes halogenated alkanes) is 5. The summed E-state index contributed by atoms with van der Waals surface area (Å²) in [5, 5.41) is 40.8. The zero-order valence-electron chi connectivity index (χ0n) is 83.2. The van der Waals surface area contributed by atoms with Crippen molar-refractivity contribution < 1.29 is 90.2 Å². The van der Waals surface area contributed by atoms with Gasteiger partial charge in [-0.15, -0.1) is 25.5 Å². The minimum atomic E-state index is -4.53. The van der Waals surface area contributed by atoms with Crippen molar-refractivity contribution in [2.45, 2.75) is 233 Å². The second-order valence-corrected chi connectivity index (χ2v) is 36.1. The van der Waals surface area contributed by atoms with Crippen molar-refractivity contribution in [3.05, 3.63) is 385 Å². The van der Waals surface area contributed by atoms with Crippen molar-refractivity contribution in [3.63, 3.8) is 0 Å². The molecule has 0 radical (unpaired) electrons. The van der Waals surface area contributed by atoms with E-state index in [0.717, 1.165) is 143 Å². The van der Waals surface area contributed by atoms with E-state index in [0.29, 0.717) is 61.6 Å². The Morgan fingerprint density at radius 1 is 0.311 bits per heavy atom. The highest BCUT2D eigenvalue weighted by Gasteiger charge is 2.37. The molecule has 0 aliphatic heterocycles. The Labute approximate surface area is 849 Å². The fraction of sp³-hybridized carbons (Fsp3) is 0.336. The number of Topliss-reactive ketones (excluding diaryl/α,β-unsaturated/α-hetero) is 5. The zero-order chi connectivity index (χ0) is 107. The maximum Gasteiger partial charge on any atom is 0.416 e. The van der Waals surface area contributed by atoms with E-state index in [2.05, 4.69) is 111 Å². The highest BCUT2D eigenvalue weighted by atomic mass is 19.4. The van der Waals surface area contributed by atoms with Crippen LogP contribution in [-0.4, -0.2) is 117 Å². The molecule has 0 saturated heterocycles. The summed E-state index contributed by atoms with van der Waals surface area (Å²) in [4.78, 5) is 61.9. The van der Waals surface area contributed by atoms with Crippen LogP contribution in [0.4, 0.5) is 61.5 Å². The van der Waals surface area contributed by atoms with Crippen molar-refractivity contribution in [1.29, 1.82) is 0 Å². The highest BCUT2D eigenvalue weighted by Crippen LogP contribution is 2.37. The van der Waals surface area contributed by atoms with Gasteiger partial charge in [-0.25, -0.2) is 27.8 Å². The van der Waals surface area contributed by atoms with E-state index in [-0.39, 0.29) is 102 Å². The minimum Gasteiger partial charge on any atom is -0.375 e. The summed E-state index contributed by atoms with van der Waals surface area (Å²) in [7, 11) is 0. The summed E-state index contributed by atoms with van der Waals surface area (Å²) in [5.41, 5.74) is 11.5. The normalized spacial score (nSPS) is 11.5. The molecule has 5 aromatic heterocycles. The minimum absolute atomic E-state index is 0.00356. The van der Waals surface area contributed by atoms with E-state index in [4.69, 9.17) is 4.74 Å². The average Bonchev–Trinajstić information content (AvgIpc) is 1.75. The standard InChI is InChI=1S/C24H26F3N3O.C24H29N3O2.C22H21F4N3O.C22H22F3N3O.C21H19F4N3O/c1-2-3-4-5-9-20-17-30(29-28-20)21-13-11-18(12-14-21)15-22(31)16-19-8-6-7-10-23(19)24(25,26)27;1-5-29-16-22-15-27(26-25-22)23-10-7-19(8-11-23)12-24(28)14-21-13-20(17(2)3)9-6-18(21)4;1-2-3-7-17-14-29(28-27-17)21-10-9-15(12-20(21)23)11-18(30)13-16-6-4-5-8-19(16)22(24,25)26;1-2-3-7-18-15-28(27-26-18)19-11-9-16(10-12-19)13-20(29)14-17-6-4-5-8-21(17)22(23,24)25;22-11-3-5-17-14-28(27-26-17)18-9-7-15(8-10-18)12-19(29)13-16-4-1-2-6-20(16)21(23,24)25/h6-8,10-14,17H,2-5,9,15-16H2,1H3;6-11,13,15,17H,5,12,14,16H2,1-4H3;4-6,8-10,12,14H,2-3,7,11,13H2,1H3;4-6,8-12,15H,2-3,7,13-14H2,1H3;1-2,4,6-10,14H,3,5,11-13H2. The number of rotatable bonds is 43. The lowest BCUT2D eigenvalue weighted by Crippen LogP contribution is -2.14. The van der Waals surface area contributed by atoms with Gasteiger partial charge >= 0.3 is 24.7 Å². The number of hydrogen-bond acceptors (Lipinski definition) is 16. The topological polar surface area (TPSA) is 248 Å². The number of carbonyl (C=O) groups is 5. The van der Waals surface area contributed by atoms with Crippen LogP contribution < -0.4 is 0 Å². The Kier molecular flexibility index (Phi) is 42.3. The number of hydrogen-bond donors (Lipinski definition) is 0. The molecule has 15 rings (SSSR count). The fourth-order valence-corrected chi connectivity index (χ4v) is 16.0. The summed E-state index contributed by atoms with van der Waals surface area (Å²) in [5.74, 6) is -1.16. The fourth-order valence-electron chi connectivity index (χ4n) is 16.0. The van der Waals surface area contributed by atoms with Crippen molar-refractivity contribution in [2.24, 2.45) is 0 Å². The predicted molar refractivity (Wildman–Crippen MR) is 535 cm³/mol. The van der Waals surface area contributed by atoms with Crippen LogP contribution in [0.5, 0.6) is 0 Å². The van der Waals surface area contributed by atoms with Crippen LogP contribution in [0.2, 0.25) is 0 Å². The number of carbonyl (C=O) groups excluding carboxylic acids is 5. The van der Waals surface area contributed by atoms with Crippen LogP contribution in [0.15, 0.2) is 262 Å². The van der Waals surface area contributed by atoms with E-state index in [9.17, 15) is 85.4 Å². The smallest absolute Gasteiger partial charge is 0.375 e. The monoisotopic (exact) mass is 2050 g/mol. The maximum absolute atomic E-state index is 14.5. The van der Waals surface area contributed by atoms with Gasteiger partial charge in [-0.1, -0.05) is 238 Å². The number of aromatic nitrogens is 15. The first-order valence-electron chi connectivity index (χ1n) is 49.0. The molecule has 0 spiro atoms. The molecule has 0 amide bonds. The van der Waals surface area contributed by atoms with E-state index in [1.807, 2.05) is 74.0 Å². The van der Waals surface area contributed by atoms with Gasteiger partial charge in [0.05, 0.1) is 112 Å². The first-order chi connectivity index (χ1) is 70.8. The molecule has 21 nitrogen and oxygen atoms in total. The first-order valence-corrected chi connectivity index (χ1v) is 49.0. The second kappa shape index (κ2) is 55.1. The van der Waals surface area contributed by atoms with E-state index in [1.54, 1.807) is 85.7 Å². The molecule has 5 heterocycles. The lowest BCUT2D eigenvalue weighted by atomic mass is 9.94. The number of aryl methyl sites for hydroxylation is 5. The maximum atomic E-state index is 14.5. The molecule has 35 heteroatoms. The van der Waals surface area contributed by atoms with Crippen LogP contribution in [0, 0.1) is 12.7 Å². The average molecular weight is 2050 g/mol. The molecule has 0 saturated carbocycles. The van der Waals surface area contributed by atoms with Gasteiger partial charge in [-0.2, -0.15) is 52.7 Å². The van der Waals surface area contributed by atoms with E-state index < -0.39 is 65.2 Å². The van der Waals surface area contributed by atoms with Crippen molar-refractivity contribution in [3.8, 4) is 28.4 Å². The van der Waals surface area contributed by atoms with Gasteiger partial charge in [0.15, 0.2) is 0 Å². The van der Waals surface area contributed by atoms with Crippen LogP contribution in [0.1, 0.15) is 223 Å². The third-order valence-electron chi connectivity index (χ3n) is 23.9. The van der Waals surface area contributed by atoms with Crippen LogP contribution >= 0.6 is 0 Å². The van der Waals surface area contributed by atoms with E-state index in [1.165, 1.54) is 120 Å². The molecule has 0 aliphatic carbocycles. The Bertz CT molecular complexity index is 6620. The molecule has 0 unspecified atom stereocenters. The highest BCUT2D eigenvalue weighted by molar-refractivity contribution is 5.86. The van der Waals surface area contributed by atoms with Gasteiger partial charge in [0.2, 0.25) is 0 Å². The van der Waals surface area contributed by atoms with E-state index >= 15 is 0 Å². The number of nitrogens with zero attached hydrogens (tertiary/aromatic N) is 15. The Hall–Kier alpha value is -14.8. The molecule has 0 atom stereocenters. The lowest BCUT2D eigenvalue weighted by molar-refractivity contribution is -0.139. The van der Waals surface area contributed by atoms with Gasteiger partial charge in [0, 0.05) is 70.8 Å². The lowest BCUT2D eigenvalue weighted by Gasteiger charge is -2.12. The summed E-state index contributed by atoms with van der Waals surface area (Å²) in [6, 6.07) is 60.5. The summed E-state index contributed by atoms with van der Waals surface area (Å²) in [6.07, 6.45) is 3.04. The SMILES string of the molecule is CCCCCCc1cn(-c2ccc(CC(=O)Cc3ccccc3C(F)(F)F)cc2)nn1.CCCCc1cn(-c2ccc(CC(=O)Cc3ccccc3C(F)(F)F)cc2)nn1.CCCCc1cn(-c2ccc(CC(=O)Cc3ccccc3C(F)(F)F)cc2F)nn1.CCOCc1cn(-c2ccc(CC(=O)Cc3cc(C(C)C)ccc3C)cc2)nn1.O=C(Cc1ccc(-n2cc(CCCF)nn2)cc1)Cc1ccccc1C(F)(F)F. The Morgan fingerprint density at radius 2 is 0.601 bits per heavy atom. The zero-order valence-corrected chi connectivity index (χ0v) is 83.2. The van der Waals surface area contributed by atoms with Crippen molar-refractivity contribution in [2.75, 3.05) is 13.3 Å². The molecule has 148 heavy (non-hydrogen) atoms. The van der Waals surface area contributed by atoms with Crippen LogP contribution in [0.3, 0.4) is 0 Å². The number of ketones is 5. The molecule has 10 aromatic carbocycles. The van der Waals surface area contributed by atoms with Gasteiger partial charge < -0.3 is 4.74 Å². The Balaban J connectivity index is 0.000000176. The molecule has 0 bridgehead atoms. The number of benzene rings is 10. The largest absolute Gasteiger partial charge is 0.416 e. The second-order valence-electron chi connectivity index (χ2n) is 36.1. The molecule has 15 aromatic rings. The van der Waals surface area contributed by atoms with Crippen LogP contribution in [-0.2, 0) is 150 Å². The molecular weight excluding hydrogens is 1930 g/mol. The van der Waals surface area contributed by atoms with Crippen molar-refractivity contribution in [1.82, 2.24) is 75.0 Å².